The Balaban J connectivity index is 2.06. The second-order valence-corrected chi connectivity index (χ2v) is 15.8. The maximum Gasteiger partial charge on any atom is 0.303 e. The van der Waals surface area contributed by atoms with Crippen molar-refractivity contribution in [2.24, 2.45) is 0 Å². The summed E-state index contributed by atoms with van der Waals surface area (Å²) in [6.07, 6.45) is 0.118. The molecule has 0 saturated heterocycles. The monoisotopic (exact) mass is 966 g/mol. The van der Waals surface area contributed by atoms with Crippen molar-refractivity contribution in [2.75, 3.05) is 0 Å². The average molecular weight is 970 g/mol. The average Bonchev–Trinajstić information content (AvgIpc) is 3.79. The first-order valence-corrected chi connectivity index (χ1v) is 19.4. The summed E-state index contributed by atoms with van der Waals surface area (Å²) < 4.78 is 2.15. The normalized spacial score (nSPS) is 12.9. The van der Waals surface area contributed by atoms with Gasteiger partial charge >= 0.3 is 23.9 Å². The maximum atomic E-state index is 11.8. The van der Waals surface area contributed by atoms with Crippen LogP contribution in [0.25, 0.3) is 44.4 Å². The van der Waals surface area contributed by atoms with E-state index in [9.17, 15) is 39.6 Å². The van der Waals surface area contributed by atoms with Crippen LogP contribution in [0.1, 0.15) is 97.4 Å². The van der Waals surface area contributed by atoms with Gasteiger partial charge in [0.1, 0.15) is 0 Å². The van der Waals surface area contributed by atoms with Gasteiger partial charge in [-0.05, 0) is 162 Å². The van der Waals surface area contributed by atoms with Crippen LogP contribution in [-0.2, 0) is 32.0 Å². The number of halogens is 4. The molecule has 0 saturated carbocycles. The van der Waals surface area contributed by atoms with Gasteiger partial charge in [0, 0.05) is 25.7 Å². The lowest BCUT2D eigenvalue weighted by atomic mass is 9.99. The molecule has 8 bridgehead atoms. The Morgan fingerprint density at radius 3 is 1.08 bits per heavy atom. The van der Waals surface area contributed by atoms with Gasteiger partial charge in [0.05, 0.1) is 62.7 Å². The van der Waals surface area contributed by atoms with E-state index in [1.54, 1.807) is 0 Å². The van der Waals surface area contributed by atoms with Gasteiger partial charge in [-0.15, -0.1) is 0 Å². The number of carboxylic acids is 4. The molecule has 52 heavy (non-hydrogen) atoms. The number of fused-ring (bicyclic) bond motifs is 8. The molecule has 12 nitrogen and oxygen atoms in total. The summed E-state index contributed by atoms with van der Waals surface area (Å²) in [5.74, 6) is -3.89. The maximum absolute atomic E-state index is 11.8. The van der Waals surface area contributed by atoms with Crippen molar-refractivity contribution in [1.82, 2.24) is 19.9 Å². The van der Waals surface area contributed by atoms with Crippen LogP contribution in [0.15, 0.2) is 17.9 Å². The molecule has 274 valence electrons. The van der Waals surface area contributed by atoms with Crippen LogP contribution >= 0.6 is 63.7 Å². The number of aryl methyl sites for hydroxylation is 4. The second-order valence-electron chi connectivity index (χ2n) is 12.6. The van der Waals surface area contributed by atoms with Gasteiger partial charge in [-0.2, -0.15) is 0 Å². The predicted octanol–water partition coefficient (Wildman–Crippen LogP) is 9.61. The Bertz CT molecular complexity index is 2160. The van der Waals surface area contributed by atoms with Gasteiger partial charge in [-0.25, -0.2) is 9.97 Å². The van der Waals surface area contributed by atoms with Crippen molar-refractivity contribution in [3.63, 3.8) is 0 Å². The Morgan fingerprint density at radius 2 is 0.769 bits per heavy atom. The fourth-order valence-electron chi connectivity index (χ4n) is 6.67. The number of aliphatic carboxylic acids is 4. The Kier molecular flexibility index (Phi) is 12.0. The molecule has 3 aromatic rings. The lowest BCUT2D eigenvalue weighted by Crippen LogP contribution is -1.98. The summed E-state index contributed by atoms with van der Waals surface area (Å²) in [5, 5.41) is 38.6. The van der Waals surface area contributed by atoms with Crippen molar-refractivity contribution in [3.05, 3.63) is 62.9 Å². The molecule has 3 aromatic heterocycles. The molecule has 0 fully saturated rings. The number of carbonyl (C=O) groups is 4. The van der Waals surface area contributed by atoms with E-state index in [2.05, 4.69) is 73.7 Å². The van der Waals surface area contributed by atoms with Crippen LogP contribution in [0.2, 0.25) is 0 Å². The molecular formula is C36H34Br4N4O8. The molecule has 0 spiro atoms. The third-order valence-electron chi connectivity index (χ3n) is 9.46. The molecule has 6 N–H and O–H groups in total. The van der Waals surface area contributed by atoms with Gasteiger partial charge in [-0.3, -0.25) is 19.2 Å². The molecule has 5 heterocycles. The van der Waals surface area contributed by atoms with E-state index >= 15 is 0 Å². The van der Waals surface area contributed by atoms with E-state index < -0.39 is 23.9 Å². The summed E-state index contributed by atoms with van der Waals surface area (Å²) in [6.45, 7) is 7.46. The molecule has 0 atom stereocenters. The number of allylic oxidation sites excluding steroid dienone is 4. The number of nitrogens with zero attached hydrogens (tertiary/aromatic N) is 2. The van der Waals surface area contributed by atoms with E-state index in [0.717, 1.165) is 33.4 Å². The number of H-pyrrole nitrogens is 2. The van der Waals surface area contributed by atoms with Crippen molar-refractivity contribution in [3.8, 4) is 0 Å². The first-order valence-electron chi connectivity index (χ1n) is 16.2. The zero-order valence-electron chi connectivity index (χ0n) is 28.5. The molecule has 0 radical (unpaired) electrons. The van der Waals surface area contributed by atoms with E-state index in [0.29, 0.717) is 73.9 Å². The fourth-order valence-corrected chi connectivity index (χ4v) is 9.57. The third-order valence-corrected chi connectivity index (χ3v) is 12.5. The lowest BCUT2D eigenvalue weighted by Gasteiger charge is -2.06. The van der Waals surface area contributed by atoms with E-state index in [1.165, 1.54) is 0 Å². The summed E-state index contributed by atoms with van der Waals surface area (Å²) in [5.41, 5.74) is 10.2. The van der Waals surface area contributed by atoms with Crippen LogP contribution in [0.3, 0.4) is 0 Å². The van der Waals surface area contributed by atoms with Crippen LogP contribution in [0, 0.1) is 13.8 Å². The highest BCUT2D eigenvalue weighted by molar-refractivity contribution is 9.11. The highest BCUT2D eigenvalue weighted by Crippen LogP contribution is 2.46. The molecule has 0 aliphatic carbocycles. The minimum Gasteiger partial charge on any atom is -0.481 e. The summed E-state index contributed by atoms with van der Waals surface area (Å²) >= 11 is 15.1. The van der Waals surface area contributed by atoms with Crippen LogP contribution in [0.4, 0.5) is 0 Å². The van der Waals surface area contributed by atoms with Gasteiger partial charge in [-0.1, -0.05) is 0 Å². The van der Waals surface area contributed by atoms with Crippen molar-refractivity contribution >= 4 is 132 Å². The minimum atomic E-state index is -0.973. The van der Waals surface area contributed by atoms with Crippen LogP contribution in [-0.4, -0.2) is 64.2 Å². The standard InChI is InChI=1S/C36H34Br4N4O8/c1-13-17(5-9-21(45)46)33-26(38)30-15(3)19(7-11-23(49)50)35(43-30)28(40)32-16(4)20(8-12-24(51)52)36(44-32)27(39)31-14(2)18(6-10-22(47)48)34(42-31)25(37)29(13)41-33/h41,44H,5-12H2,1-4H3,(H,45,46)(H,47,48)(H,49,50)(H,51,52). The number of aromatic nitrogens is 4. The summed E-state index contributed by atoms with van der Waals surface area (Å²) in [4.78, 5) is 64.2. The Hall–Kier alpha value is -3.60. The first-order chi connectivity index (χ1) is 24.4. The number of hydrogen-bond donors (Lipinski definition) is 6. The van der Waals surface area contributed by atoms with Crippen molar-refractivity contribution in [1.29, 1.82) is 0 Å². The third kappa shape index (κ3) is 7.57. The molecule has 2 aliphatic rings. The highest BCUT2D eigenvalue weighted by atomic mass is 79.9. The predicted molar refractivity (Wildman–Crippen MR) is 212 cm³/mol. The SMILES string of the molecule is CC1=C(CCC(=O)O)c2nc1c(Br)c1[nH]c(c(C)c1CCC(=O)O)c(Br)c1nc(c(Br)c3[nH]c(c(C)c3CCC(=O)O)c2Br)C(C)=C1CCC(=O)O. The first kappa shape index (κ1) is 39.6. The Labute approximate surface area is 331 Å². The smallest absolute Gasteiger partial charge is 0.303 e. The minimum absolute atomic E-state index is 0.146. The molecular weight excluding hydrogens is 936 g/mol. The molecule has 0 unspecified atom stereocenters. The largest absolute Gasteiger partial charge is 0.481 e. The van der Waals surface area contributed by atoms with E-state index in [1.807, 2.05) is 27.7 Å². The lowest BCUT2D eigenvalue weighted by molar-refractivity contribution is -0.138. The zero-order valence-corrected chi connectivity index (χ0v) is 34.8. The quantitative estimate of drug-likeness (QED) is 0.101. The van der Waals surface area contributed by atoms with Crippen molar-refractivity contribution in [2.45, 2.75) is 79.1 Å². The number of carboxylic acid groups (broad SMARTS) is 4. The summed E-state index contributed by atoms with van der Waals surface area (Å²) in [6, 6.07) is 0. The number of nitrogens with one attached hydrogen (secondary N) is 2. The fraction of sp³-hybridized carbons (Fsp3) is 0.333. The van der Waals surface area contributed by atoms with Gasteiger partial charge < -0.3 is 30.4 Å². The molecule has 0 amide bonds. The molecule has 16 heteroatoms. The highest BCUT2D eigenvalue weighted by Gasteiger charge is 2.28. The molecule has 5 rings (SSSR count). The van der Waals surface area contributed by atoms with E-state index in [4.69, 9.17) is 9.97 Å². The van der Waals surface area contributed by atoms with Crippen molar-refractivity contribution < 1.29 is 39.6 Å². The van der Waals surface area contributed by atoms with Gasteiger partial charge in [0.25, 0.3) is 0 Å². The number of rotatable bonds is 12. The zero-order chi connectivity index (χ0) is 38.3. The Morgan fingerprint density at radius 1 is 0.481 bits per heavy atom. The van der Waals surface area contributed by atoms with Gasteiger partial charge in [0.15, 0.2) is 0 Å². The van der Waals surface area contributed by atoms with Gasteiger partial charge in [0.2, 0.25) is 0 Å². The molecule has 2 aliphatic heterocycles. The van der Waals surface area contributed by atoms with Crippen LogP contribution < -0.4 is 0 Å². The topological polar surface area (TPSA) is 207 Å². The second kappa shape index (κ2) is 15.8. The summed E-state index contributed by atoms with van der Waals surface area (Å²) in [7, 11) is 0. The molecule has 0 aromatic carbocycles. The van der Waals surface area contributed by atoms with E-state index in [-0.39, 0.29) is 51.4 Å². The number of aromatic amines is 2. The number of hydrogen-bond acceptors (Lipinski definition) is 6. The van der Waals surface area contributed by atoms with Crippen LogP contribution in [0.5, 0.6) is 0 Å².